The van der Waals surface area contributed by atoms with Crippen molar-refractivity contribution in [2.75, 3.05) is 13.1 Å². The van der Waals surface area contributed by atoms with Crippen molar-refractivity contribution in [1.82, 2.24) is 14.2 Å². The Morgan fingerprint density at radius 2 is 1.88 bits per heavy atom. The molecule has 1 N–H and O–H groups in total. The highest BCUT2D eigenvalue weighted by atomic mass is 35.5. The zero-order valence-electron chi connectivity index (χ0n) is 14.8. The third-order valence-corrected chi connectivity index (χ3v) is 7.18. The fourth-order valence-electron chi connectivity index (χ4n) is 3.13. The average Bonchev–Trinajstić information content (AvgIpc) is 3.24. The molecule has 1 fully saturated rings. The number of nitrogens with one attached hydrogen (secondary N) is 1. The molecular formula is C18H22ClN3O3S. The zero-order chi connectivity index (χ0) is 18.9. The Hall–Kier alpha value is -1.83. The predicted molar refractivity (Wildman–Crippen MR) is 101 cm³/mol. The van der Waals surface area contributed by atoms with Gasteiger partial charge in [0.05, 0.1) is 0 Å². The van der Waals surface area contributed by atoms with Crippen molar-refractivity contribution in [3.8, 4) is 0 Å². The molecule has 1 aromatic heterocycles. The highest BCUT2D eigenvalue weighted by Gasteiger charge is 2.31. The van der Waals surface area contributed by atoms with E-state index in [4.69, 9.17) is 11.6 Å². The quantitative estimate of drug-likeness (QED) is 0.846. The number of halogens is 1. The second-order valence-corrected chi connectivity index (χ2v) is 8.74. The van der Waals surface area contributed by atoms with Crippen LogP contribution in [0.25, 0.3) is 0 Å². The van der Waals surface area contributed by atoms with E-state index in [2.05, 4.69) is 5.32 Å². The highest BCUT2D eigenvalue weighted by molar-refractivity contribution is 7.89. The van der Waals surface area contributed by atoms with E-state index >= 15 is 0 Å². The molecule has 1 saturated heterocycles. The van der Waals surface area contributed by atoms with E-state index in [0.29, 0.717) is 29.5 Å². The molecule has 1 aromatic carbocycles. The Morgan fingerprint density at radius 1 is 1.23 bits per heavy atom. The molecule has 0 spiro atoms. The molecule has 0 bridgehead atoms. The molecule has 0 aliphatic carbocycles. The van der Waals surface area contributed by atoms with Crippen LogP contribution in [0.2, 0.25) is 5.02 Å². The molecule has 2 heterocycles. The number of carbonyl (C=O) groups is 1. The van der Waals surface area contributed by atoms with Crippen LogP contribution in [0.3, 0.4) is 0 Å². The van der Waals surface area contributed by atoms with Gasteiger partial charge in [0.25, 0.3) is 5.91 Å². The number of rotatable bonds is 5. The number of benzene rings is 1. The lowest BCUT2D eigenvalue weighted by Gasteiger charge is -2.15. The molecule has 3 rings (SSSR count). The molecule has 0 saturated carbocycles. The van der Waals surface area contributed by atoms with Crippen molar-refractivity contribution in [2.45, 2.75) is 31.2 Å². The summed E-state index contributed by atoms with van der Waals surface area (Å²) >= 11 is 6.11. The van der Waals surface area contributed by atoms with Crippen molar-refractivity contribution >= 4 is 27.5 Å². The summed E-state index contributed by atoms with van der Waals surface area (Å²) in [5, 5.41) is 3.38. The van der Waals surface area contributed by atoms with E-state index in [1.165, 1.54) is 10.4 Å². The average molecular weight is 396 g/mol. The van der Waals surface area contributed by atoms with Crippen LogP contribution in [0.1, 0.15) is 34.6 Å². The summed E-state index contributed by atoms with van der Waals surface area (Å²) in [5.74, 6) is -0.335. The first kappa shape index (κ1) is 18.9. The van der Waals surface area contributed by atoms with Gasteiger partial charge in [-0.25, -0.2) is 8.42 Å². The first-order chi connectivity index (χ1) is 12.3. The smallest absolute Gasteiger partial charge is 0.268 e. The molecule has 140 valence electrons. The highest BCUT2D eigenvalue weighted by Crippen LogP contribution is 2.26. The Kier molecular flexibility index (Phi) is 5.41. The first-order valence-corrected chi connectivity index (χ1v) is 10.3. The van der Waals surface area contributed by atoms with Crippen LogP contribution in [0, 0.1) is 6.92 Å². The Labute approximate surface area is 158 Å². The minimum absolute atomic E-state index is 0.199. The maximum atomic E-state index is 12.8. The number of amides is 1. The minimum Gasteiger partial charge on any atom is -0.347 e. The molecule has 6 nitrogen and oxygen atoms in total. The van der Waals surface area contributed by atoms with Gasteiger partial charge in [0.1, 0.15) is 10.6 Å². The fourth-order valence-corrected chi connectivity index (χ4v) is 5.12. The van der Waals surface area contributed by atoms with Crippen LogP contribution < -0.4 is 5.32 Å². The van der Waals surface area contributed by atoms with Gasteiger partial charge in [-0.05, 0) is 37.5 Å². The number of hydrogen-bond acceptors (Lipinski definition) is 3. The standard InChI is InChI=1S/C18H22ClN3O3S/c1-13-17(26(24,25)22-9-5-6-10-22)11-16(21(13)2)18(23)20-12-14-7-3-4-8-15(14)19/h3-4,7-8,11H,5-6,9-10,12H2,1-2H3,(H,20,23). The van der Waals surface area contributed by atoms with Crippen LogP contribution in [0.4, 0.5) is 0 Å². The summed E-state index contributed by atoms with van der Waals surface area (Å²) in [6.45, 7) is 3.06. The summed E-state index contributed by atoms with van der Waals surface area (Å²) in [6, 6.07) is 8.73. The Morgan fingerprint density at radius 3 is 2.54 bits per heavy atom. The largest absolute Gasteiger partial charge is 0.347 e. The third kappa shape index (κ3) is 3.51. The predicted octanol–water partition coefficient (Wildman–Crippen LogP) is 2.70. The molecular weight excluding hydrogens is 374 g/mol. The van der Waals surface area contributed by atoms with Gasteiger partial charge in [-0.1, -0.05) is 29.8 Å². The molecule has 0 radical (unpaired) electrons. The monoisotopic (exact) mass is 395 g/mol. The number of aromatic nitrogens is 1. The normalized spacial score (nSPS) is 15.3. The summed E-state index contributed by atoms with van der Waals surface area (Å²) in [4.78, 5) is 12.8. The van der Waals surface area contributed by atoms with Crippen LogP contribution >= 0.6 is 11.6 Å². The van der Waals surface area contributed by atoms with E-state index < -0.39 is 10.0 Å². The molecule has 0 unspecified atom stereocenters. The van der Waals surface area contributed by atoms with Crippen molar-refractivity contribution in [3.05, 3.63) is 52.3 Å². The summed E-state index contributed by atoms with van der Waals surface area (Å²) in [7, 11) is -1.87. The number of carbonyl (C=O) groups excluding carboxylic acids is 1. The first-order valence-electron chi connectivity index (χ1n) is 8.50. The van der Waals surface area contributed by atoms with Crippen molar-refractivity contribution in [3.63, 3.8) is 0 Å². The van der Waals surface area contributed by atoms with Crippen LogP contribution in [0.5, 0.6) is 0 Å². The number of hydrogen-bond donors (Lipinski definition) is 1. The molecule has 26 heavy (non-hydrogen) atoms. The van der Waals surface area contributed by atoms with Gasteiger partial charge in [0.2, 0.25) is 10.0 Å². The van der Waals surface area contributed by atoms with E-state index in [9.17, 15) is 13.2 Å². The maximum absolute atomic E-state index is 12.8. The number of nitrogens with zero attached hydrogens (tertiary/aromatic N) is 2. The van der Waals surface area contributed by atoms with Crippen LogP contribution in [-0.4, -0.2) is 36.3 Å². The second kappa shape index (κ2) is 7.42. The fraction of sp³-hybridized carbons (Fsp3) is 0.389. The van der Waals surface area contributed by atoms with Crippen molar-refractivity contribution in [2.24, 2.45) is 7.05 Å². The van der Waals surface area contributed by atoms with E-state index in [-0.39, 0.29) is 17.3 Å². The van der Waals surface area contributed by atoms with E-state index in [1.807, 2.05) is 18.2 Å². The van der Waals surface area contributed by atoms with Gasteiger partial charge in [-0.2, -0.15) is 4.31 Å². The van der Waals surface area contributed by atoms with Crippen LogP contribution in [0.15, 0.2) is 35.2 Å². The summed E-state index contributed by atoms with van der Waals surface area (Å²) < 4.78 is 28.8. The molecule has 1 amide bonds. The number of sulfonamides is 1. The second-order valence-electron chi connectivity index (χ2n) is 6.42. The van der Waals surface area contributed by atoms with Gasteiger partial charge >= 0.3 is 0 Å². The lowest BCUT2D eigenvalue weighted by atomic mass is 10.2. The Balaban J connectivity index is 1.82. The van der Waals surface area contributed by atoms with Gasteiger partial charge < -0.3 is 9.88 Å². The van der Waals surface area contributed by atoms with Crippen molar-refractivity contribution in [1.29, 1.82) is 0 Å². The molecule has 1 aliphatic heterocycles. The minimum atomic E-state index is -3.57. The van der Waals surface area contributed by atoms with Crippen molar-refractivity contribution < 1.29 is 13.2 Å². The topological polar surface area (TPSA) is 71.4 Å². The lowest BCUT2D eigenvalue weighted by Crippen LogP contribution is -2.28. The molecule has 1 aliphatic rings. The van der Waals surface area contributed by atoms with Gasteiger partial charge in [-0.3, -0.25) is 4.79 Å². The molecule has 8 heteroatoms. The lowest BCUT2D eigenvalue weighted by molar-refractivity contribution is 0.0942. The molecule has 2 aromatic rings. The summed E-state index contributed by atoms with van der Waals surface area (Å²) in [6.07, 6.45) is 1.74. The van der Waals surface area contributed by atoms with Gasteiger partial charge in [-0.15, -0.1) is 0 Å². The molecule has 0 atom stereocenters. The SMILES string of the molecule is Cc1c(S(=O)(=O)N2CCCC2)cc(C(=O)NCc2ccccc2Cl)n1C. The summed E-state index contributed by atoms with van der Waals surface area (Å²) in [5.41, 5.74) is 1.67. The zero-order valence-corrected chi connectivity index (χ0v) is 16.4. The Bertz CT molecular complexity index is 931. The third-order valence-electron chi connectivity index (χ3n) is 4.80. The van der Waals surface area contributed by atoms with E-state index in [1.54, 1.807) is 24.6 Å². The van der Waals surface area contributed by atoms with E-state index in [0.717, 1.165) is 18.4 Å². The van der Waals surface area contributed by atoms with Gasteiger partial charge in [0.15, 0.2) is 0 Å². The maximum Gasteiger partial charge on any atom is 0.268 e. The van der Waals surface area contributed by atoms with Gasteiger partial charge in [0, 0.05) is 37.4 Å². The van der Waals surface area contributed by atoms with Crippen LogP contribution in [-0.2, 0) is 23.6 Å².